The maximum Gasteiger partial charge on any atom is 2.00 e. The zero-order chi connectivity index (χ0) is 36.8. The third-order valence-corrected chi connectivity index (χ3v) is 7.38. The van der Waals surface area contributed by atoms with Gasteiger partial charge in [-0.1, -0.05) is 67.5 Å². The van der Waals surface area contributed by atoms with Crippen LogP contribution < -0.4 is 10.2 Å². The first-order valence-corrected chi connectivity index (χ1v) is 17.5. The van der Waals surface area contributed by atoms with Crippen LogP contribution in [0.4, 0.5) is 0 Å². The van der Waals surface area contributed by atoms with E-state index in [1.165, 1.54) is 11.1 Å². The molecule has 0 spiro atoms. The predicted molar refractivity (Wildman–Crippen MR) is 195 cm³/mol. The Kier molecular flexibility index (Phi) is 26.1. The summed E-state index contributed by atoms with van der Waals surface area (Å²) in [5, 5.41) is 39.7. The van der Waals surface area contributed by atoms with Gasteiger partial charge in [0.1, 0.15) is 11.5 Å². The third kappa shape index (κ3) is 24.6. The van der Waals surface area contributed by atoms with Gasteiger partial charge < -0.3 is 30.0 Å². The van der Waals surface area contributed by atoms with Crippen LogP contribution in [-0.4, -0.2) is 47.7 Å². The second-order valence-electron chi connectivity index (χ2n) is 14.2. The maximum absolute atomic E-state index is 10.9. The molecule has 0 heterocycles. The zero-order valence-corrected chi connectivity index (χ0v) is 32.6. The molecule has 0 unspecified atom stereocenters. The Hall–Kier alpha value is -3.17. The SMILES string of the molecule is CC(=O)[O-].CC(=O)[O-].CC(C)CCc1cc(C=NCCN=Cc2cc(CCC(C)C)cc(CCC(C)C)c2O)c(O)c(CCC(C)C)c1.[Co+2]. The molecule has 0 aliphatic carbocycles. The van der Waals surface area contributed by atoms with Crippen molar-refractivity contribution in [3.8, 4) is 11.5 Å². The van der Waals surface area contributed by atoms with Crippen LogP contribution in [0.25, 0.3) is 0 Å². The van der Waals surface area contributed by atoms with Crippen LogP contribution in [0.3, 0.4) is 0 Å². The summed E-state index contributed by atoms with van der Waals surface area (Å²) in [6, 6.07) is 8.53. The number of carbonyl (C=O) groups excluding carboxylic acids is 2. The van der Waals surface area contributed by atoms with Gasteiger partial charge in [0, 0.05) is 35.5 Å². The summed E-state index contributed by atoms with van der Waals surface area (Å²) in [5.74, 6) is 1.02. The van der Waals surface area contributed by atoms with Gasteiger partial charge in [-0.3, -0.25) is 9.98 Å². The molecule has 1 radical (unpaired) electrons. The van der Waals surface area contributed by atoms with Gasteiger partial charge in [-0.25, -0.2) is 0 Å². The third-order valence-electron chi connectivity index (χ3n) is 7.38. The Labute approximate surface area is 306 Å². The summed E-state index contributed by atoms with van der Waals surface area (Å²) in [6.45, 7) is 20.9. The van der Waals surface area contributed by atoms with Crippen molar-refractivity contribution in [3.05, 3.63) is 57.6 Å². The molecule has 0 aromatic heterocycles. The molecule has 2 aromatic rings. The van der Waals surface area contributed by atoms with Crippen molar-refractivity contribution in [2.45, 2.75) is 121 Å². The molecular weight excluding hydrogens is 663 g/mol. The van der Waals surface area contributed by atoms with E-state index in [1.54, 1.807) is 12.4 Å². The molecule has 0 fully saturated rings. The molecule has 49 heavy (non-hydrogen) atoms. The molecule has 0 saturated heterocycles. The Morgan fingerprint density at radius 1 is 0.592 bits per heavy atom. The fourth-order valence-electron chi connectivity index (χ4n) is 4.68. The van der Waals surface area contributed by atoms with Crippen LogP contribution in [0, 0.1) is 23.7 Å². The van der Waals surface area contributed by atoms with E-state index in [9.17, 15) is 10.2 Å². The summed E-state index contributed by atoms with van der Waals surface area (Å²) in [6.07, 6.45) is 11.7. The zero-order valence-electron chi connectivity index (χ0n) is 31.6. The average molecular weight is 726 g/mol. The maximum atomic E-state index is 10.9. The molecule has 8 nitrogen and oxygen atoms in total. The summed E-state index contributed by atoms with van der Waals surface area (Å²) in [7, 11) is 0. The van der Waals surface area contributed by atoms with E-state index in [0.29, 0.717) is 48.3 Å². The topological polar surface area (TPSA) is 145 Å². The van der Waals surface area contributed by atoms with Crippen molar-refractivity contribution in [1.82, 2.24) is 0 Å². The van der Waals surface area contributed by atoms with Crippen molar-refractivity contribution in [2.24, 2.45) is 33.7 Å². The van der Waals surface area contributed by atoms with E-state index in [0.717, 1.165) is 87.5 Å². The molecule has 0 amide bonds. The van der Waals surface area contributed by atoms with Gasteiger partial charge >= 0.3 is 16.8 Å². The van der Waals surface area contributed by atoms with E-state index >= 15 is 0 Å². The van der Waals surface area contributed by atoms with E-state index in [2.05, 4.69) is 89.6 Å². The number of aliphatic imine (C=N–C) groups is 2. The van der Waals surface area contributed by atoms with Crippen LogP contribution in [0.1, 0.15) is 128 Å². The average Bonchev–Trinajstić information content (AvgIpc) is 2.96. The first kappa shape index (κ1) is 47.9. The van der Waals surface area contributed by atoms with Crippen LogP contribution in [0.2, 0.25) is 0 Å². The minimum atomic E-state index is -1.08. The van der Waals surface area contributed by atoms with Crippen molar-refractivity contribution in [1.29, 1.82) is 0 Å². The number of hydrogen-bond donors (Lipinski definition) is 2. The number of aliphatic carboxylic acids is 2. The Morgan fingerprint density at radius 3 is 1.12 bits per heavy atom. The van der Waals surface area contributed by atoms with Crippen LogP contribution in [0.15, 0.2) is 34.3 Å². The first-order valence-electron chi connectivity index (χ1n) is 17.5. The number of benzene rings is 2. The minimum absolute atomic E-state index is 0. The molecule has 0 aliphatic heterocycles. The van der Waals surface area contributed by atoms with Crippen molar-refractivity contribution in [3.63, 3.8) is 0 Å². The molecular formula is C40H62CoN2O6. The normalized spacial score (nSPS) is 11.1. The number of hydrogen-bond acceptors (Lipinski definition) is 8. The van der Waals surface area contributed by atoms with Gasteiger partial charge in [-0.15, -0.1) is 0 Å². The molecule has 0 bridgehead atoms. The first-order chi connectivity index (χ1) is 22.4. The van der Waals surface area contributed by atoms with Crippen molar-refractivity contribution >= 4 is 24.4 Å². The minimum Gasteiger partial charge on any atom is -0.550 e. The molecule has 0 saturated carbocycles. The molecule has 2 N–H and O–H groups in total. The number of carbonyl (C=O) groups is 2. The molecule has 0 aliphatic rings. The molecule has 2 rings (SSSR count). The molecule has 9 heteroatoms. The number of aromatic hydroxyl groups is 2. The second kappa shape index (κ2) is 26.7. The number of carboxylic acid groups (broad SMARTS) is 2. The second-order valence-corrected chi connectivity index (χ2v) is 14.2. The Bertz CT molecular complexity index is 1190. The predicted octanol–water partition coefficient (Wildman–Crippen LogP) is 6.50. The Balaban J connectivity index is 0. The molecule has 2 aromatic carbocycles. The van der Waals surface area contributed by atoms with Gasteiger partial charge in [0.15, 0.2) is 0 Å². The largest absolute Gasteiger partial charge is 2.00 e. The monoisotopic (exact) mass is 725 g/mol. The fraction of sp³-hybridized carbons (Fsp3) is 0.600. The number of aryl methyl sites for hydroxylation is 4. The van der Waals surface area contributed by atoms with Gasteiger partial charge in [0.2, 0.25) is 0 Å². The smallest absolute Gasteiger partial charge is 0.550 e. The van der Waals surface area contributed by atoms with E-state index in [-0.39, 0.29) is 16.8 Å². The van der Waals surface area contributed by atoms with Crippen molar-refractivity contribution in [2.75, 3.05) is 13.1 Å². The van der Waals surface area contributed by atoms with Gasteiger partial charge in [-0.2, -0.15) is 0 Å². The Morgan fingerprint density at radius 2 is 0.857 bits per heavy atom. The van der Waals surface area contributed by atoms with Gasteiger partial charge in [0.05, 0.1) is 13.1 Å². The number of rotatable bonds is 17. The molecule has 0 atom stereocenters. The van der Waals surface area contributed by atoms with E-state index < -0.39 is 11.9 Å². The number of phenols is 2. The van der Waals surface area contributed by atoms with Crippen molar-refractivity contribution < 1.29 is 46.8 Å². The van der Waals surface area contributed by atoms with Crippen LogP contribution in [-0.2, 0) is 52.1 Å². The quantitative estimate of drug-likeness (QED) is 0.141. The number of nitrogens with zero attached hydrogens (tertiary/aromatic N) is 2. The fourth-order valence-corrected chi connectivity index (χ4v) is 4.68. The van der Waals surface area contributed by atoms with Crippen LogP contribution in [0.5, 0.6) is 11.5 Å². The van der Waals surface area contributed by atoms with E-state index in [1.807, 2.05) is 0 Å². The van der Waals surface area contributed by atoms with Gasteiger partial charge in [-0.05, 0) is 123 Å². The number of phenolic OH excluding ortho intramolecular Hbond substituents is 2. The van der Waals surface area contributed by atoms with Crippen LogP contribution >= 0.6 is 0 Å². The summed E-state index contributed by atoms with van der Waals surface area (Å²) in [5.41, 5.74) is 6.19. The van der Waals surface area contributed by atoms with E-state index in [4.69, 9.17) is 19.8 Å². The van der Waals surface area contributed by atoms with Gasteiger partial charge in [0.25, 0.3) is 0 Å². The number of carboxylic acids is 2. The summed E-state index contributed by atoms with van der Waals surface area (Å²) < 4.78 is 0. The summed E-state index contributed by atoms with van der Waals surface area (Å²) in [4.78, 5) is 27.0. The molecule has 277 valence electrons. The summed E-state index contributed by atoms with van der Waals surface area (Å²) >= 11 is 0. The standard InChI is InChI=1S/C36H56N2O2.2C2H4O2.Co/c1-25(2)9-13-29-19-31(15-11-27(5)6)35(39)33(21-29)23-37-17-18-38-24-34-22-30(14-10-26(3)4)20-32(36(34)40)16-12-28(7)8;2*1-2(3)4;/h19-28,39-40H,9-18H2,1-8H3;2*1H3,(H,3,4);/q;;;+2/p-2.